The molecule has 2 aliphatic heterocycles. The van der Waals surface area contributed by atoms with E-state index in [0.717, 1.165) is 25.9 Å². The van der Waals surface area contributed by atoms with Crippen molar-refractivity contribution in [2.45, 2.75) is 25.7 Å². The molecule has 2 aliphatic rings. The van der Waals surface area contributed by atoms with Gasteiger partial charge in [-0.25, -0.2) is 0 Å². The molecular formula is C15H18N2O3. The van der Waals surface area contributed by atoms with E-state index >= 15 is 0 Å². The minimum absolute atomic E-state index is 0.0341. The van der Waals surface area contributed by atoms with Crippen LogP contribution in [0.5, 0.6) is 5.75 Å². The van der Waals surface area contributed by atoms with Crippen molar-refractivity contribution in [3.63, 3.8) is 0 Å². The van der Waals surface area contributed by atoms with Crippen LogP contribution >= 0.6 is 0 Å². The Morgan fingerprint density at radius 2 is 1.90 bits per heavy atom. The van der Waals surface area contributed by atoms with Gasteiger partial charge in [0.2, 0.25) is 0 Å². The molecule has 0 unspecified atom stereocenters. The monoisotopic (exact) mass is 274 g/mol. The number of benzene rings is 1. The van der Waals surface area contributed by atoms with E-state index in [4.69, 9.17) is 4.74 Å². The van der Waals surface area contributed by atoms with Gasteiger partial charge in [-0.2, -0.15) is 0 Å². The van der Waals surface area contributed by atoms with Gasteiger partial charge in [-0.05, 0) is 31.0 Å². The summed E-state index contributed by atoms with van der Waals surface area (Å²) in [7, 11) is 0. The zero-order chi connectivity index (χ0) is 13.9. The van der Waals surface area contributed by atoms with Crippen molar-refractivity contribution in [1.82, 2.24) is 4.90 Å². The molecule has 0 bridgehead atoms. The van der Waals surface area contributed by atoms with Crippen LogP contribution in [0.15, 0.2) is 18.2 Å². The maximum absolute atomic E-state index is 12.5. The number of ether oxygens (including phenoxy) is 1. The summed E-state index contributed by atoms with van der Waals surface area (Å²) in [6.07, 6.45) is 4.52. The SMILES string of the molecule is O=C1COc2ccc(C(=O)N3CCCCCC3)cc2N1. The number of carbonyl (C=O) groups is 2. The maximum Gasteiger partial charge on any atom is 0.262 e. The first kappa shape index (κ1) is 13.0. The van der Waals surface area contributed by atoms with Gasteiger partial charge in [-0.15, -0.1) is 0 Å². The minimum Gasteiger partial charge on any atom is -0.482 e. The predicted octanol–water partition coefficient (Wildman–Crippen LogP) is 2.03. The van der Waals surface area contributed by atoms with Crippen molar-refractivity contribution in [2.24, 2.45) is 0 Å². The number of anilines is 1. The normalized spacial score (nSPS) is 18.6. The Hall–Kier alpha value is -2.04. The minimum atomic E-state index is -0.183. The molecule has 0 aromatic heterocycles. The van der Waals surface area contributed by atoms with Crippen LogP contribution in [0.2, 0.25) is 0 Å². The van der Waals surface area contributed by atoms with Crippen LogP contribution in [0.25, 0.3) is 0 Å². The summed E-state index contributed by atoms with van der Waals surface area (Å²) in [5, 5.41) is 2.74. The quantitative estimate of drug-likeness (QED) is 0.852. The molecule has 5 nitrogen and oxygen atoms in total. The van der Waals surface area contributed by atoms with E-state index in [2.05, 4.69) is 5.32 Å². The van der Waals surface area contributed by atoms with Gasteiger partial charge in [0.05, 0.1) is 5.69 Å². The van der Waals surface area contributed by atoms with E-state index in [-0.39, 0.29) is 18.4 Å². The number of likely N-dealkylation sites (tertiary alicyclic amines) is 1. The largest absolute Gasteiger partial charge is 0.482 e. The number of hydrogen-bond acceptors (Lipinski definition) is 3. The molecule has 0 atom stereocenters. The topological polar surface area (TPSA) is 58.6 Å². The van der Waals surface area contributed by atoms with Gasteiger partial charge in [0.25, 0.3) is 11.8 Å². The lowest BCUT2D eigenvalue weighted by Crippen LogP contribution is -2.32. The lowest BCUT2D eigenvalue weighted by atomic mass is 10.1. The lowest BCUT2D eigenvalue weighted by Gasteiger charge is -2.22. The molecule has 106 valence electrons. The number of fused-ring (bicyclic) bond motifs is 1. The number of carbonyl (C=O) groups excluding carboxylic acids is 2. The Morgan fingerprint density at radius 1 is 1.15 bits per heavy atom. The predicted molar refractivity (Wildman–Crippen MR) is 74.9 cm³/mol. The Bertz CT molecular complexity index is 534. The summed E-state index contributed by atoms with van der Waals surface area (Å²) >= 11 is 0. The van der Waals surface area contributed by atoms with E-state index in [0.29, 0.717) is 17.0 Å². The molecule has 0 aliphatic carbocycles. The number of amides is 2. The highest BCUT2D eigenvalue weighted by atomic mass is 16.5. The average molecular weight is 274 g/mol. The highest BCUT2D eigenvalue weighted by Crippen LogP contribution is 2.29. The summed E-state index contributed by atoms with van der Waals surface area (Å²) in [6.45, 7) is 1.67. The van der Waals surface area contributed by atoms with Gasteiger partial charge in [0, 0.05) is 18.7 Å². The zero-order valence-corrected chi connectivity index (χ0v) is 11.4. The number of nitrogens with one attached hydrogen (secondary N) is 1. The van der Waals surface area contributed by atoms with Crippen molar-refractivity contribution in [3.8, 4) is 5.75 Å². The second-order valence-corrected chi connectivity index (χ2v) is 5.25. The maximum atomic E-state index is 12.5. The highest BCUT2D eigenvalue weighted by molar-refractivity contribution is 5.99. The van der Waals surface area contributed by atoms with E-state index in [1.165, 1.54) is 12.8 Å². The fourth-order valence-corrected chi connectivity index (χ4v) is 2.67. The van der Waals surface area contributed by atoms with Gasteiger partial charge >= 0.3 is 0 Å². The van der Waals surface area contributed by atoms with Gasteiger partial charge in [0.1, 0.15) is 5.75 Å². The van der Waals surface area contributed by atoms with Crippen molar-refractivity contribution < 1.29 is 14.3 Å². The standard InChI is InChI=1S/C15H18N2O3/c18-14-10-20-13-6-5-11(9-12(13)16-14)15(19)17-7-3-1-2-4-8-17/h5-6,9H,1-4,7-8,10H2,(H,16,18). The van der Waals surface area contributed by atoms with Gasteiger partial charge in [0.15, 0.2) is 6.61 Å². The van der Waals surface area contributed by atoms with Gasteiger partial charge < -0.3 is 15.0 Å². The van der Waals surface area contributed by atoms with E-state index in [1.54, 1.807) is 18.2 Å². The van der Waals surface area contributed by atoms with Crippen LogP contribution in [-0.2, 0) is 4.79 Å². The first-order valence-electron chi connectivity index (χ1n) is 7.10. The summed E-state index contributed by atoms with van der Waals surface area (Å²) in [4.78, 5) is 25.7. The third kappa shape index (κ3) is 2.61. The van der Waals surface area contributed by atoms with Gasteiger partial charge in [-0.1, -0.05) is 12.8 Å². The number of rotatable bonds is 1. The second-order valence-electron chi connectivity index (χ2n) is 5.25. The van der Waals surface area contributed by atoms with Crippen molar-refractivity contribution >= 4 is 17.5 Å². The second kappa shape index (κ2) is 5.53. The Kier molecular flexibility index (Phi) is 3.58. The van der Waals surface area contributed by atoms with E-state index in [9.17, 15) is 9.59 Å². The molecule has 20 heavy (non-hydrogen) atoms. The molecular weight excluding hydrogens is 256 g/mol. The molecule has 1 aromatic carbocycles. The number of hydrogen-bond donors (Lipinski definition) is 1. The van der Waals surface area contributed by atoms with Gasteiger partial charge in [-0.3, -0.25) is 9.59 Å². The summed E-state index contributed by atoms with van der Waals surface area (Å²) < 4.78 is 5.30. The molecule has 2 amide bonds. The Morgan fingerprint density at radius 3 is 2.65 bits per heavy atom. The van der Waals surface area contributed by atoms with E-state index < -0.39 is 0 Å². The molecule has 2 heterocycles. The molecule has 0 saturated carbocycles. The van der Waals surface area contributed by atoms with Crippen molar-refractivity contribution in [1.29, 1.82) is 0 Å². The van der Waals surface area contributed by atoms with Crippen LogP contribution < -0.4 is 10.1 Å². The Labute approximate surface area is 117 Å². The van der Waals surface area contributed by atoms with Crippen LogP contribution in [0, 0.1) is 0 Å². The molecule has 0 radical (unpaired) electrons. The van der Waals surface area contributed by atoms with Crippen molar-refractivity contribution in [3.05, 3.63) is 23.8 Å². The first-order chi connectivity index (χ1) is 9.74. The lowest BCUT2D eigenvalue weighted by molar-refractivity contribution is -0.118. The van der Waals surface area contributed by atoms with Crippen LogP contribution in [0.1, 0.15) is 36.0 Å². The molecule has 0 spiro atoms. The smallest absolute Gasteiger partial charge is 0.262 e. The summed E-state index contributed by atoms with van der Waals surface area (Å²) in [6, 6.07) is 5.23. The van der Waals surface area contributed by atoms with E-state index in [1.807, 2.05) is 4.90 Å². The third-order valence-electron chi connectivity index (χ3n) is 3.75. The fraction of sp³-hybridized carbons (Fsp3) is 0.467. The molecule has 1 fully saturated rings. The van der Waals surface area contributed by atoms with Crippen LogP contribution in [-0.4, -0.2) is 36.4 Å². The van der Waals surface area contributed by atoms with Crippen molar-refractivity contribution in [2.75, 3.05) is 25.0 Å². The molecule has 1 N–H and O–H groups in total. The highest BCUT2D eigenvalue weighted by Gasteiger charge is 2.21. The zero-order valence-electron chi connectivity index (χ0n) is 11.4. The average Bonchev–Trinajstić information content (AvgIpc) is 2.74. The molecule has 1 aromatic rings. The first-order valence-corrected chi connectivity index (χ1v) is 7.10. The molecule has 5 heteroatoms. The fourth-order valence-electron chi connectivity index (χ4n) is 2.67. The summed E-state index contributed by atoms with van der Waals surface area (Å²) in [5.41, 5.74) is 1.19. The summed E-state index contributed by atoms with van der Waals surface area (Å²) in [5.74, 6) is 0.475. The number of nitrogens with zero attached hydrogens (tertiary/aromatic N) is 1. The Balaban J connectivity index is 1.81. The van der Waals surface area contributed by atoms with Crippen LogP contribution in [0.3, 0.4) is 0 Å². The molecule has 3 rings (SSSR count). The van der Waals surface area contributed by atoms with Crippen LogP contribution in [0.4, 0.5) is 5.69 Å². The third-order valence-corrected chi connectivity index (χ3v) is 3.75. The molecule has 1 saturated heterocycles.